The van der Waals surface area contributed by atoms with E-state index >= 15 is 0 Å². The molecule has 1 fully saturated rings. The van der Waals surface area contributed by atoms with Crippen LogP contribution in [0.25, 0.3) is 0 Å². The van der Waals surface area contributed by atoms with Gasteiger partial charge in [0.1, 0.15) is 11.9 Å². The van der Waals surface area contributed by atoms with Gasteiger partial charge in [0.15, 0.2) is 5.96 Å². The van der Waals surface area contributed by atoms with E-state index in [1.54, 1.807) is 6.92 Å². The highest BCUT2D eigenvalue weighted by atomic mass is 35.5. The Hall–Kier alpha value is -1.99. The number of aliphatic imine (C=N–C) groups is 1. The fourth-order valence-electron chi connectivity index (χ4n) is 2.96. The Labute approximate surface area is 173 Å². The average Bonchev–Trinajstić information content (AvgIpc) is 2.68. The van der Waals surface area contributed by atoms with E-state index in [-0.39, 0.29) is 12.0 Å². The second-order valence-corrected chi connectivity index (χ2v) is 7.31. The number of nitrogens with zero attached hydrogens (tertiary/aromatic N) is 3. The molecule has 1 aliphatic heterocycles. The minimum atomic E-state index is -0.0451. The largest absolute Gasteiger partial charge is 0.489 e. The molecule has 0 aliphatic carbocycles. The first kappa shape index (κ1) is 22.3. The van der Waals surface area contributed by atoms with Crippen molar-refractivity contribution in [1.29, 1.82) is 0 Å². The SMILES string of the molecule is CCNC(=NCC(C)Oc1ccc(Cl)cc1)NCCN1CCN(C(C)=O)CC1. The molecule has 156 valence electrons. The molecule has 1 heterocycles. The van der Waals surface area contributed by atoms with Gasteiger partial charge < -0.3 is 20.3 Å². The van der Waals surface area contributed by atoms with Crippen molar-refractivity contribution >= 4 is 23.5 Å². The molecule has 0 bridgehead atoms. The number of nitrogens with one attached hydrogen (secondary N) is 2. The van der Waals surface area contributed by atoms with Crippen molar-refractivity contribution in [2.75, 3.05) is 52.4 Å². The summed E-state index contributed by atoms with van der Waals surface area (Å²) in [5.74, 6) is 1.74. The highest BCUT2D eigenvalue weighted by Crippen LogP contribution is 2.16. The summed E-state index contributed by atoms with van der Waals surface area (Å²) in [6.07, 6.45) is -0.0451. The van der Waals surface area contributed by atoms with Crippen LogP contribution in [0.5, 0.6) is 5.75 Å². The van der Waals surface area contributed by atoms with E-state index in [1.165, 1.54) is 0 Å². The van der Waals surface area contributed by atoms with Gasteiger partial charge in [0.2, 0.25) is 5.91 Å². The molecular weight excluding hydrogens is 378 g/mol. The monoisotopic (exact) mass is 409 g/mol. The van der Waals surface area contributed by atoms with E-state index in [2.05, 4.69) is 20.5 Å². The second kappa shape index (κ2) is 11.8. The summed E-state index contributed by atoms with van der Waals surface area (Å²) in [6.45, 7) is 12.2. The number of hydrogen-bond donors (Lipinski definition) is 2. The first-order valence-electron chi connectivity index (χ1n) is 9.90. The van der Waals surface area contributed by atoms with E-state index in [1.807, 2.05) is 43.0 Å². The van der Waals surface area contributed by atoms with Gasteiger partial charge in [-0.3, -0.25) is 9.69 Å². The standard InChI is InChI=1S/C20H32ClN5O2/c1-4-22-20(23-9-10-25-11-13-26(14-12-25)17(3)27)24-15-16(2)28-19-7-5-18(21)6-8-19/h5-8,16H,4,9-15H2,1-3H3,(H2,22,23,24). The van der Waals surface area contributed by atoms with Crippen LogP contribution in [0.3, 0.4) is 0 Å². The van der Waals surface area contributed by atoms with E-state index in [4.69, 9.17) is 16.3 Å². The molecular formula is C20H32ClN5O2. The summed E-state index contributed by atoms with van der Waals surface area (Å²) in [4.78, 5) is 20.3. The van der Waals surface area contributed by atoms with Gasteiger partial charge in [0.25, 0.3) is 0 Å². The second-order valence-electron chi connectivity index (χ2n) is 6.88. The third-order valence-electron chi connectivity index (χ3n) is 4.54. The van der Waals surface area contributed by atoms with Crippen LogP contribution in [0.15, 0.2) is 29.3 Å². The quantitative estimate of drug-likeness (QED) is 0.506. The Morgan fingerprint density at radius 1 is 1.21 bits per heavy atom. The molecule has 1 aromatic rings. The fraction of sp³-hybridized carbons (Fsp3) is 0.600. The summed E-state index contributed by atoms with van der Waals surface area (Å²) >= 11 is 5.90. The molecule has 0 aromatic heterocycles. The van der Waals surface area contributed by atoms with E-state index in [0.29, 0.717) is 11.6 Å². The van der Waals surface area contributed by atoms with Crippen molar-refractivity contribution in [2.45, 2.75) is 26.9 Å². The van der Waals surface area contributed by atoms with Crippen molar-refractivity contribution in [1.82, 2.24) is 20.4 Å². The molecule has 1 aliphatic rings. The number of carbonyl (C=O) groups is 1. The molecule has 7 nitrogen and oxygen atoms in total. The Kier molecular flexibility index (Phi) is 9.37. The van der Waals surface area contributed by atoms with Crippen molar-refractivity contribution in [3.63, 3.8) is 0 Å². The summed E-state index contributed by atoms with van der Waals surface area (Å²) in [5, 5.41) is 7.33. The molecule has 1 atom stereocenters. The fourth-order valence-corrected chi connectivity index (χ4v) is 3.09. The maximum Gasteiger partial charge on any atom is 0.219 e. The Morgan fingerprint density at radius 3 is 2.50 bits per heavy atom. The number of carbonyl (C=O) groups excluding carboxylic acids is 1. The maximum absolute atomic E-state index is 11.4. The predicted molar refractivity (Wildman–Crippen MR) is 114 cm³/mol. The summed E-state index contributed by atoms with van der Waals surface area (Å²) in [6, 6.07) is 7.35. The van der Waals surface area contributed by atoms with Gasteiger partial charge >= 0.3 is 0 Å². The van der Waals surface area contributed by atoms with Gasteiger partial charge in [0, 0.05) is 57.8 Å². The third kappa shape index (κ3) is 7.94. The van der Waals surface area contributed by atoms with Crippen LogP contribution < -0.4 is 15.4 Å². The van der Waals surface area contributed by atoms with E-state index in [0.717, 1.165) is 57.5 Å². The van der Waals surface area contributed by atoms with Gasteiger partial charge in [-0.25, -0.2) is 4.99 Å². The molecule has 1 unspecified atom stereocenters. The summed E-state index contributed by atoms with van der Waals surface area (Å²) in [7, 11) is 0. The first-order valence-corrected chi connectivity index (χ1v) is 10.3. The number of hydrogen-bond acceptors (Lipinski definition) is 4. The van der Waals surface area contributed by atoms with Crippen LogP contribution in [0.4, 0.5) is 0 Å². The van der Waals surface area contributed by atoms with E-state index < -0.39 is 0 Å². The van der Waals surface area contributed by atoms with Crippen LogP contribution in [0.2, 0.25) is 5.02 Å². The lowest BCUT2D eigenvalue weighted by atomic mass is 10.3. The number of amides is 1. The van der Waals surface area contributed by atoms with Crippen LogP contribution >= 0.6 is 11.6 Å². The third-order valence-corrected chi connectivity index (χ3v) is 4.79. The lowest BCUT2D eigenvalue weighted by Crippen LogP contribution is -2.50. The molecule has 28 heavy (non-hydrogen) atoms. The number of piperazine rings is 1. The molecule has 0 saturated carbocycles. The van der Waals surface area contributed by atoms with Gasteiger partial charge in [-0.1, -0.05) is 11.6 Å². The topological polar surface area (TPSA) is 69.2 Å². The van der Waals surface area contributed by atoms with Crippen LogP contribution in [-0.4, -0.2) is 80.1 Å². The van der Waals surface area contributed by atoms with Gasteiger partial charge in [0.05, 0.1) is 6.54 Å². The van der Waals surface area contributed by atoms with Crippen LogP contribution in [0, 0.1) is 0 Å². The van der Waals surface area contributed by atoms with E-state index in [9.17, 15) is 4.79 Å². The Balaban J connectivity index is 1.72. The molecule has 1 aromatic carbocycles. The zero-order valence-corrected chi connectivity index (χ0v) is 17.8. The van der Waals surface area contributed by atoms with Gasteiger partial charge in [-0.05, 0) is 38.1 Å². The summed E-state index contributed by atoms with van der Waals surface area (Å²) in [5.41, 5.74) is 0. The number of rotatable bonds is 8. The first-order chi connectivity index (χ1) is 13.5. The molecule has 2 rings (SSSR count). The maximum atomic E-state index is 11.4. The van der Waals surface area contributed by atoms with Crippen molar-refractivity contribution in [3.8, 4) is 5.75 Å². The van der Waals surface area contributed by atoms with Crippen molar-refractivity contribution < 1.29 is 9.53 Å². The highest BCUT2D eigenvalue weighted by molar-refractivity contribution is 6.30. The van der Waals surface area contributed by atoms with Crippen molar-refractivity contribution in [3.05, 3.63) is 29.3 Å². The molecule has 1 saturated heterocycles. The number of ether oxygens (including phenoxy) is 1. The molecule has 8 heteroatoms. The predicted octanol–water partition coefficient (Wildman–Crippen LogP) is 1.83. The number of halogens is 1. The Bertz CT molecular complexity index is 630. The lowest BCUT2D eigenvalue weighted by Gasteiger charge is -2.34. The van der Waals surface area contributed by atoms with Crippen LogP contribution in [-0.2, 0) is 4.79 Å². The van der Waals surface area contributed by atoms with Gasteiger partial charge in [-0.15, -0.1) is 0 Å². The molecule has 0 spiro atoms. The van der Waals surface area contributed by atoms with Crippen LogP contribution in [0.1, 0.15) is 20.8 Å². The number of benzene rings is 1. The van der Waals surface area contributed by atoms with Crippen molar-refractivity contribution in [2.24, 2.45) is 4.99 Å². The zero-order chi connectivity index (χ0) is 20.4. The molecule has 0 radical (unpaired) electrons. The minimum Gasteiger partial charge on any atom is -0.489 e. The Morgan fingerprint density at radius 2 is 1.89 bits per heavy atom. The molecule has 1 amide bonds. The molecule has 2 N–H and O–H groups in total. The zero-order valence-electron chi connectivity index (χ0n) is 17.1. The normalized spacial score (nSPS) is 16.6. The number of guanidine groups is 1. The van der Waals surface area contributed by atoms with Gasteiger partial charge in [-0.2, -0.15) is 0 Å². The highest BCUT2D eigenvalue weighted by Gasteiger charge is 2.17. The average molecular weight is 410 g/mol. The lowest BCUT2D eigenvalue weighted by molar-refractivity contribution is -0.130. The summed E-state index contributed by atoms with van der Waals surface area (Å²) < 4.78 is 5.87. The minimum absolute atomic E-state index is 0.0451. The smallest absolute Gasteiger partial charge is 0.219 e.